The van der Waals surface area contributed by atoms with Gasteiger partial charge in [0.05, 0.1) is 4.83 Å². The second-order valence-corrected chi connectivity index (χ2v) is 6.63. The highest BCUT2D eigenvalue weighted by molar-refractivity contribution is 9.11. The summed E-state index contributed by atoms with van der Waals surface area (Å²) in [5.74, 6) is 0.764. The van der Waals surface area contributed by atoms with Crippen molar-refractivity contribution in [3.63, 3.8) is 0 Å². The van der Waals surface area contributed by atoms with E-state index >= 15 is 0 Å². The molecule has 0 saturated heterocycles. The lowest BCUT2D eigenvalue weighted by Gasteiger charge is -2.20. The smallest absolute Gasteiger partial charge is 0.0528 e. The summed E-state index contributed by atoms with van der Waals surface area (Å²) in [6.07, 6.45) is 5.21. The van der Waals surface area contributed by atoms with Crippen LogP contribution in [-0.2, 0) is 0 Å². The van der Waals surface area contributed by atoms with Crippen LogP contribution in [0.5, 0.6) is 0 Å². The molecule has 0 aliphatic heterocycles. The van der Waals surface area contributed by atoms with Gasteiger partial charge in [0.2, 0.25) is 0 Å². The van der Waals surface area contributed by atoms with Crippen LogP contribution in [0.15, 0.2) is 15.9 Å². The Kier molecular flexibility index (Phi) is 6.48. The van der Waals surface area contributed by atoms with Crippen LogP contribution in [0, 0.1) is 5.92 Å². The Hall–Kier alpha value is 0.660. The molecular weight excluding hydrogens is 336 g/mol. The predicted octanol–water partition coefficient (Wildman–Crippen LogP) is 6.16. The molecule has 0 radical (unpaired) electrons. The normalized spacial score (nSPS) is 15.2. The molecule has 3 heteroatoms. The van der Waals surface area contributed by atoms with Gasteiger partial charge in [-0.15, -0.1) is 11.3 Å². The molecule has 2 atom stereocenters. The molecule has 86 valence electrons. The van der Waals surface area contributed by atoms with E-state index in [1.165, 1.54) is 35.0 Å². The van der Waals surface area contributed by atoms with Crippen molar-refractivity contribution in [1.29, 1.82) is 0 Å². The Morgan fingerprint density at radius 2 is 2.13 bits per heavy atom. The number of hydrogen-bond acceptors (Lipinski definition) is 1. The summed E-state index contributed by atoms with van der Waals surface area (Å²) < 4.78 is 1.25. The molecule has 0 nitrogen and oxygen atoms in total. The lowest BCUT2D eigenvalue weighted by Crippen LogP contribution is -2.05. The third-order valence-electron chi connectivity index (χ3n) is 2.76. The minimum absolute atomic E-state index is 0.517. The van der Waals surface area contributed by atoms with Crippen LogP contribution >= 0.6 is 43.2 Å². The quantitative estimate of drug-likeness (QED) is 0.537. The fourth-order valence-electron chi connectivity index (χ4n) is 1.74. The largest absolute Gasteiger partial charge is 0.147 e. The summed E-state index contributed by atoms with van der Waals surface area (Å²) in [6.45, 7) is 4.55. The highest BCUT2D eigenvalue weighted by Gasteiger charge is 2.21. The molecule has 2 unspecified atom stereocenters. The van der Waals surface area contributed by atoms with Gasteiger partial charge in [-0.05, 0) is 39.7 Å². The van der Waals surface area contributed by atoms with Gasteiger partial charge in [0.1, 0.15) is 0 Å². The van der Waals surface area contributed by atoms with Crippen LogP contribution in [0.1, 0.15) is 49.2 Å². The van der Waals surface area contributed by atoms with Crippen LogP contribution < -0.4 is 0 Å². The molecular formula is C12H18Br2S. The minimum atomic E-state index is 0.517. The fraction of sp³-hybridized carbons (Fsp3) is 0.667. The van der Waals surface area contributed by atoms with Gasteiger partial charge >= 0.3 is 0 Å². The summed E-state index contributed by atoms with van der Waals surface area (Å²) in [4.78, 5) is 1.96. The maximum absolute atomic E-state index is 3.85. The molecule has 15 heavy (non-hydrogen) atoms. The van der Waals surface area contributed by atoms with Gasteiger partial charge in [-0.25, -0.2) is 0 Å². The number of thiophene rings is 1. The molecule has 0 N–H and O–H groups in total. The van der Waals surface area contributed by atoms with Crippen molar-refractivity contribution in [1.82, 2.24) is 0 Å². The van der Waals surface area contributed by atoms with E-state index in [1.54, 1.807) is 0 Å². The van der Waals surface area contributed by atoms with E-state index in [-0.39, 0.29) is 0 Å². The van der Waals surface area contributed by atoms with Gasteiger partial charge in [-0.2, -0.15) is 0 Å². The van der Waals surface area contributed by atoms with Gasteiger partial charge < -0.3 is 0 Å². The Morgan fingerprint density at radius 1 is 1.40 bits per heavy atom. The monoisotopic (exact) mass is 352 g/mol. The Labute approximate surface area is 114 Å². The van der Waals surface area contributed by atoms with Crippen LogP contribution in [0.25, 0.3) is 0 Å². The Balaban J connectivity index is 2.64. The molecule has 0 fully saturated rings. The lowest BCUT2D eigenvalue weighted by molar-refractivity contribution is 0.448. The van der Waals surface area contributed by atoms with Crippen molar-refractivity contribution < 1.29 is 0 Å². The van der Waals surface area contributed by atoms with Crippen molar-refractivity contribution >= 4 is 43.2 Å². The van der Waals surface area contributed by atoms with Crippen LogP contribution in [-0.4, -0.2) is 0 Å². The zero-order valence-corrected chi connectivity index (χ0v) is 13.3. The SMILES string of the molecule is CCCCC(CC)C(Br)c1sccc1Br. The standard InChI is InChI=1S/C12H18Br2S/c1-3-5-6-9(4-2)11(14)12-10(13)7-8-15-12/h7-9,11H,3-6H2,1-2H3. The molecule has 0 amide bonds. The number of rotatable bonds is 6. The fourth-order valence-corrected chi connectivity index (χ4v) is 4.94. The van der Waals surface area contributed by atoms with E-state index in [4.69, 9.17) is 0 Å². The maximum atomic E-state index is 3.85. The highest BCUT2D eigenvalue weighted by Crippen LogP contribution is 2.42. The summed E-state index contributed by atoms with van der Waals surface area (Å²) >= 11 is 9.31. The average Bonchev–Trinajstić information content (AvgIpc) is 2.65. The van der Waals surface area contributed by atoms with E-state index < -0.39 is 0 Å². The average molecular weight is 354 g/mol. The molecule has 1 heterocycles. The molecule has 1 aromatic heterocycles. The molecule has 1 aromatic rings. The zero-order chi connectivity index (χ0) is 11.3. The van der Waals surface area contributed by atoms with Gasteiger partial charge in [0, 0.05) is 9.35 Å². The third kappa shape index (κ3) is 3.86. The topological polar surface area (TPSA) is 0 Å². The van der Waals surface area contributed by atoms with Gasteiger partial charge in [-0.3, -0.25) is 0 Å². The number of alkyl halides is 1. The highest BCUT2D eigenvalue weighted by atomic mass is 79.9. The summed E-state index contributed by atoms with van der Waals surface area (Å²) in [6, 6.07) is 2.14. The van der Waals surface area contributed by atoms with Crippen molar-refractivity contribution in [2.24, 2.45) is 5.92 Å². The lowest BCUT2D eigenvalue weighted by atomic mass is 9.95. The molecule has 1 rings (SSSR count). The molecule has 0 aliphatic carbocycles. The summed E-state index contributed by atoms with van der Waals surface area (Å²) in [5, 5.41) is 2.15. The van der Waals surface area contributed by atoms with E-state index in [0.717, 1.165) is 5.92 Å². The van der Waals surface area contributed by atoms with E-state index in [1.807, 2.05) is 11.3 Å². The maximum Gasteiger partial charge on any atom is 0.0528 e. The van der Waals surface area contributed by atoms with Gasteiger partial charge in [-0.1, -0.05) is 49.0 Å². The first-order chi connectivity index (χ1) is 7.20. The van der Waals surface area contributed by atoms with Crippen LogP contribution in [0.2, 0.25) is 0 Å². The second kappa shape index (κ2) is 7.08. The first-order valence-corrected chi connectivity index (χ1v) is 8.16. The van der Waals surface area contributed by atoms with Crippen molar-refractivity contribution in [3.05, 3.63) is 20.8 Å². The van der Waals surface area contributed by atoms with Crippen molar-refractivity contribution in [2.75, 3.05) is 0 Å². The van der Waals surface area contributed by atoms with Gasteiger partial charge in [0.25, 0.3) is 0 Å². The van der Waals surface area contributed by atoms with E-state index in [0.29, 0.717) is 4.83 Å². The number of hydrogen-bond donors (Lipinski definition) is 0. The van der Waals surface area contributed by atoms with E-state index in [9.17, 15) is 0 Å². The minimum Gasteiger partial charge on any atom is -0.147 e. The Bertz CT molecular complexity index is 283. The molecule has 0 saturated carbocycles. The zero-order valence-electron chi connectivity index (χ0n) is 9.30. The van der Waals surface area contributed by atoms with Crippen LogP contribution in [0.4, 0.5) is 0 Å². The second-order valence-electron chi connectivity index (χ2n) is 3.85. The summed E-state index contributed by atoms with van der Waals surface area (Å²) in [5.41, 5.74) is 0. The molecule has 0 aliphatic rings. The van der Waals surface area contributed by atoms with Gasteiger partial charge in [0.15, 0.2) is 0 Å². The van der Waals surface area contributed by atoms with E-state index in [2.05, 4.69) is 57.2 Å². The van der Waals surface area contributed by atoms with Crippen molar-refractivity contribution in [3.8, 4) is 0 Å². The molecule has 0 bridgehead atoms. The first-order valence-electron chi connectivity index (χ1n) is 5.57. The number of halogens is 2. The first kappa shape index (κ1) is 13.7. The van der Waals surface area contributed by atoms with Crippen molar-refractivity contribution in [2.45, 2.75) is 44.4 Å². The number of unbranched alkanes of at least 4 members (excludes halogenated alkanes) is 1. The predicted molar refractivity (Wildman–Crippen MR) is 77.0 cm³/mol. The Morgan fingerprint density at radius 3 is 2.60 bits per heavy atom. The molecule has 0 aromatic carbocycles. The van der Waals surface area contributed by atoms with Crippen LogP contribution in [0.3, 0.4) is 0 Å². The molecule has 0 spiro atoms. The third-order valence-corrected chi connectivity index (χ3v) is 6.22. The summed E-state index contributed by atoms with van der Waals surface area (Å²) in [7, 11) is 0.